The van der Waals surface area contributed by atoms with Crippen LogP contribution in [0.15, 0.2) is 36.5 Å². The van der Waals surface area contributed by atoms with Gasteiger partial charge in [-0.1, -0.05) is 24.3 Å². The Hall–Kier alpha value is -1.94. The van der Waals surface area contributed by atoms with E-state index in [4.69, 9.17) is 0 Å². The van der Waals surface area contributed by atoms with Gasteiger partial charge in [-0.25, -0.2) is 0 Å². The van der Waals surface area contributed by atoms with Crippen molar-refractivity contribution in [2.45, 2.75) is 26.3 Å². The van der Waals surface area contributed by atoms with Crippen LogP contribution in [0.2, 0.25) is 0 Å². The second kappa shape index (κ2) is 7.01. The van der Waals surface area contributed by atoms with Crippen LogP contribution in [0.25, 0.3) is 10.9 Å². The number of nitrogens with zero attached hydrogens (tertiary/aromatic N) is 1. The van der Waals surface area contributed by atoms with Crippen LogP contribution in [0.4, 0.5) is 0 Å². The Kier molecular flexibility index (Phi) is 5.07. The van der Waals surface area contributed by atoms with E-state index in [-0.39, 0.29) is 11.9 Å². The molecule has 4 heteroatoms. The molecule has 0 unspecified atom stereocenters. The third kappa shape index (κ3) is 4.03. The van der Waals surface area contributed by atoms with Crippen molar-refractivity contribution in [3.8, 4) is 0 Å². The van der Waals surface area contributed by atoms with Crippen molar-refractivity contribution in [2.75, 3.05) is 13.1 Å². The van der Waals surface area contributed by atoms with E-state index in [2.05, 4.69) is 33.8 Å². The summed E-state index contributed by atoms with van der Waals surface area (Å²) in [5, 5.41) is 7.18. The molecule has 0 bridgehead atoms. The van der Waals surface area contributed by atoms with Gasteiger partial charge in [-0.15, -0.1) is 0 Å². The largest absolute Gasteiger partial charge is 0.353 e. The molecule has 1 heterocycles. The molecule has 1 aromatic heterocycles. The van der Waals surface area contributed by atoms with Crippen LogP contribution < -0.4 is 10.6 Å². The van der Waals surface area contributed by atoms with Crippen molar-refractivity contribution in [3.63, 3.8) is 0 Å². The maximum absolute atomic E-state index is 11.5. The van der Waals surface area contributed by atoms with E-state index in [1.165, 1.54) is 5.56 Å². The predicted octanol–water partition coefficient (Wildman–Crippen LogP) is 1.89. The summed E-state index contributed by atoms with van der Waals surface area (Å²) in [5.41, 5.74) is 2.25. The van der Waals surface area contributed by atoms with Gasteiger partial charge >= 0.3 is 0 Å². The van der Waals surface area contributed by atoms with E-state index in [1.54, 1.807) is 0 Å². The SMILES string of the molecule is CC(C)NC(=O)CNCCc1cccc2cccnc12. The van der Waals surface area contributed by atoms with Crippen molar-refractivity contribution in [3.05, 3.63) is 42.1 Å². The van der Waals surface area contributed by atoms with Gasteiger partial charge in [-0.3, -0.25) is 9.78 Å². The molecule has 0 aliphatic rings. The fourth-order valence-electron chi connectivity index (χ4n) is 2.17. The zero-order valence-electron chi connectivity index (χ0n) is 12.0. The molecule has 1 amide bonds. The minimum absolute atomic E-state index is 0.0380. The fraction of sp³-hybridized carbons (Fsp3) is 0.375. The number of benzene rings is 1. The summed E-state index contributed by atoms with van der Waals surface area (Å²) in [5.74, 6) is 0.0380. The molecule has 2 N–H and O–H groups in total. The highest BCUT2D eigenvalue weighted by molar-refractivity contribution is 5.81. The molecule has 0 atom stereocenters. The van der Waals surface area contributed by atoms with Crippen molar-refractivity contribution >= 4 is 16.8 Å². The zero-order valence-corrected chi connectivity index (χ0v) is 12.0. The summed E-state index contributed by atoms with van der Waals surface area (Å²) >= 11 is 0. The lowest BCUT2D eigenvalue weighted by Crippen LogP contribution is -2.38. The van der Waals surface area contributed by atoms with Gasteiger partial charge in [0.25, 0.3) is 0 Å². The Morgan fingerprint density at radius 2 is 2.05 bits per heavy atom. The number of pyridine rings is 1. The Morgan fingerprint density at radius 1 is 1.25 bits per heavy atom. The number of para-hydroxylation sites is 1. The van der Waals surface area contributed by atoms with Gasteiger partial charge in [0.2, 0.25) is 5.91 Å². The van der Waals surface area contributed by atoms with E-state index < -0.39 is 0 Å². The zero-order chi connectivity index (χ0) is 14.4. The molecule has 106 valence electrons. The molecule has 0 saturated carbocycles. The van der Waals surface area contributed by atoms with Crippen LogP contribution >= 0.6 is 0 Å². The third-order valence-electron chi connectivity index (χ3n) is 3.02. The maximum Gasteiger partial charge on any atom is 0.234 e. The number of aromatic nitrogens is 1. The van der Waals surface area contributed by atoms with Gasteiger partial charge in [-0.05, 0) is 38.4 Å². The molecular weight excluding hydrogens is 250 g/mol. The second-order valence-electron chi connectivity index (χ2n) is 5.14. The average Bonchev–Trinajstić information content (AvgIpc) is 2.43. The number of carbonyl (C=O) groups is 1. The van der Waals surface area contributed by atoms with Crippen molar-refractivity contribution < 1.29 is 4.79 Å². The molecule has 20 heavy (non-hydrogen) atoms. The van der Waals surface area contributed by atoms with Crippen LogP contribution in [-0.4, -0.2) is 30.0 Å². The van der Waals surface area contributed by atoms with Gasteiger partial charge in [0.1, 0.15) is 0 Å². The van der Waals surface area contributed by atoms with Crippen LogP contribution in [0.3, 0.4) is 0 Å². The van der Waals surface area contributed by atoms with Crippen LogP contribution in [-0.2, 0) is 11.2 Å². The molecule has 0 aliphatic carbocycles. The Bertz CT molecular complexity index is 575. The van der Waals surface area contributed by atoms with Crippen LogP contribution in [0.5, 0.6) is 0 Å². The average molecular weight is 271 g/mol. The quantitative estimate of drug-likeness (QED) is 0.789. The third-order valence-corrected chi connectivity index (χ3v) is 3.02. The summed E-state index contributed by atoms with van der Waals surface area (Å²) in [6.07, 6.45) is 2.68. The first kappa shape index (κ1) is 14.5. The highest BCUT2D eigenvalue weighted by atomic mass is 16.1. The smallest absolute Gasteiger partial charge is 0.234 e. The van der Waals surface area contributed by atoms with Crippen LogP contribution in [0, 0.1) is 0 Å². The van der Waals surface area contributed by atoms with Gasteiger partial charge in [-0.2, -0.15) is 0 Å². The molecular formula is C16H21N3O. The summed E-state index contributed by atoms with van der Waals surface area (Å²) < 4.78 is 0. The van der Waals surface area contributed by atoms with E-state index in [0.29, 0.717) is 6.54 Å². The Labute approximate surface area is 119 Å². The van der Waals surface area contributed by atoms with Crippen molar-refractivity contribution in [2.24, 2.45) is 0 Å². The summed E-state index contributed by atoms with van der Waals surface area (Å²) in [6.45, 7) is 5.04. The Balaban J connectivity index is 1.86. The second-order valence-corrected chi connectivity index (χ2v) is 5.14. The van der Waals surface area contributed by atoms with Gasteiger partial charge in [0.05, 0.1) is 12.1 Å². The fourth-order valence-corrected chi connectivity index (χ4v) is 2.17. The molecule has 2 rings (SSSR count). The Morgan fingerprint density at radius 3 is 2.85 bits per heavy atom. The molecule has 0 spiro atoms. The van der Waals surface area contributed by atoms with Gasteiger partial charge in [0, 0.05) is 17.6 Å². The molecule has 0 aliphatic heterocycles. The first-order valence-electron chi connectivity index (χ1n) is 6.99. The minimum atomic E-state index is 0.0380. The summed E-state index contributed by atoms with van der Waals surface area (Å²) in [4.78, 5) is 15.9. The molecule has 0 fully saturated rings. The van der Waals surface area contributed by atoms with E-state index in [9.17, 15) is 4.79 Å². The lowest BCUT2D eigenvalue weighted by atomic mass is 10.1. The van der Waals surface area contributed by atoms with Crippen LogP contribution in [0.1, 0.15) is 19.4 Å². The molecule has 0 radical (unpaired) electrons. The minimum Gasteiger partial charge on any atom is -0.353 e. The first-order chi connectivity index (χ1) is 9.66. The van der Waals surface area contributed by atoms with Gasteiger partial charge in [0.15, 0.2) is 0 Å². The number of nitrogens with one attached hydrogen (secondary N) is 2. The maximum atomic E-state index is 11.5. The predicted molar refractivity (Wildman–Crippen MR) is 81.6 cm³/mol. The van der Waals surface area contributed by atoms with E-state index in [1.807, 2.05) is 32.2 Å². The van der Waals surface area contributed by atoms with Crippen molar-refractivity contribution in [1.29, 1.82) is 0 Å². The number of amides is 1. The van der Waals surface area contributed by atoms with Crippen molar-refractivity contribution in [1.82, 2.24) is 15.6 Å². The monoisotopic (exact) mass is 271 g/mol. The summed E-state index contributed by atoms with van der Waals surface area (Å²) in [6, 6.07) is 10.4. The molecule has 1 aromatic carbocycles. The standard InChI is InChI=1S/C16H21N3O/c1-12(2)19-15(20)11-17-10-8-14-6-3-5-13-7-4-9-18-16(13)14/h3-7,9,12,17H,8,10-11H2,1-2H3,(H,19,20). The topological polar surface area (TPSA) is 54.0 Å². The van der Waals surface area contributed by atoms with E-state index in [0.717, 1.165) is 23.9 Å². The first-order valence-corrected chi connectivity index (χ1v) is 6.99. The molecule has 2 aromatic rings. The number of fused-ring (bicyclic) bond motifs is 1. The number of carbonyl (C=O) groups excluding carboxylic acids is 1. The highest BCUT2D eigenvalue weighted by Gasteiger charge is 2.04. The van der Waals surface area contributed by atoms with Gasteiger partial charge < -0.3 is 10.6 Å². The lowest BCUT2D eigenvalue weighted by Gasteiger charge is -2.09. The number of hydrogen-bond donors (Lipinski definition) is 2. The number of rotatable bonds is 6. The normalized spacial score (nSPS) is 10.9. The number of hydrogen-bond acceptors (Lipinski definition) is 3. The molecule has 0 saturated heterocycles. The highest BCUT2D eigenvalue weighted by Crippen LogP contribution is 2.15. The lowest BCUT2D eigenvalue weighted by molar-refractivity contribution is -0.120. The summed E-state index contributed by atoms with van der Waals surface area (Å²) in [7, 11) is 0. The molecule has 4 nitrogen and oxygen atoms in total. The van der Waals surface area contributed by atoms with E-state index >= 15 is 0 Å².